The molecule has 1 fully saturated rings. The summed E-state index contributed by atoms with van der Waals surface area (Å²) in [5.41, 5.74) is 2.82. The normalized spacial score (nSPS) is 15.6. The number of aromatic nitrogens is 2. The van der Waals surface area contributed by atoms with Crippen LogP contribution in [0, 0.1) is 0 Å². The molecule has 6 nitrogen and oxygen atoms in total. The summed E-state index contributed by atoms with van der Waals surface area (Å²) in [4.78, 5) is 25.7. The van der Waals surface area contributed by atoms with Crippen molar-refractivity contribution in [3.05, 3.63) is 47.8 Å². The van der Waals surface area contributed by atoms with Crippen molar-refractivity contribution >= 4 is 17.5 Å². The molecule has 2 aromatic rings. The number of aryl methyl sites for hydroxylation is 1. The molecule has 24 heavy (non-hydrogen) atoms. The van der Waals surface area contributed by atoms with E-state index < -0.39 is 0 Å². The van der Waals surface area contributed by atoms with Gasteiger partial charge in [-0.2, -0.15) is 5.10 Å². The van der Waals surface area contributed by atoms with Crippen LogP contribution in [0.2, 0.25) is 0 Å². The Balaban J connectivity index is 1.57. The van der Waals surface area contributed by atoms with Crippen LogP contribution >= 0.6 is 0 Å². The lowest BCUT2D eigenvalue weighted by molar-refractivity contribution is -0.121. The molecule has 1 atom stereocenters. The van der Waals surface area contributed by atoms with Crippen LogP contribution in [0.15, 0.2) is 36.7 Å². The van der Waals surface area contributed by atoms with Gasteiger partial charge in [0.05, 0.1) is 18.7 Å². The summed E-state index contributed by atoms with van der Waals surface area (Å²) in [5, 5.41) is 7.09. The molecule has 0 saturated carbocycles. The van der Waals surface area contributed by atoms with Crippen LogP contribution in [0.25, 0.3) is 0 Å². The van der Waals surface area contributed by atoms with Gasteiger partial charge in [0.1, 0.15) is 0 Å². The fraction of sp³-hybridized carbons (Fsp3) is 0.389. The number of benzene rings is 1. The maximum Gasteiger partial charge on any atom is 0.227 e. The highest BCUT2D eigenvalue weighted by atomic mass is 16.2. The van der Waals surface area contributed by atoms with Gasteiger partial charge in [-0.05, 0) is 31.0 Å². The molecule has 0 spiro atoms. The van der Waals surface area contributed by atoms with E-state index in [0.29, 0.717) is 12.8 Å². The summed E-state index contributed by atoms with van der Waals surface area (Å²) < 4.78 is 1.72. The van der Waals surface area contributed by atoms with Crippen molar-refractivity contribution in [3.8, 4) is 0 Å². The summed E-state index contributed by atoms with van der Waals surface area (Å²) in [6, 6.07) is 7.57. The van der Waals surface area contributed by atoms with Gasteiger partial charge in [-0.1, -0.05) is 12.1 Å². The summed E-state index contributed by atoms with van der Waals surface area (Å²) >= 11 is 0. The quantitative estimate of drug-likeness (QED) is 0.913. The Morgan fingerprint density at radius 1 is 1.33 bits per heavy atom. The maximum absolute atomic E-state index is 12.2. The van der Waals surface area contributed by atoms with Gasteiger partial charge in [0.25, 0.3) is 0 Å². The monoisotopic (exact) mass is 326 g/mol. The number of nitrogens with zero attached hydrogens (tertiary/aromatic N) is 3. The van der Waals surface area contributed by atoms with Crippen LogP contribution in [0.1, 0.15) is 36.9 Å². The largest absolute Gasteiger partial charge is 0.349 e. The molecule has 1 aliphatic heterocycles. The second-order valence-corrected chi connectivity index (χ2v) is 6.23. The van der Waals surface area contributed by atoms with E-state index in [1.54, 1.807) is 15.8 Å². The molecule has 1 saturated heterocycles. The highest BCUT2D eigenvalue weighted by Crippen LogP contribution is 2.21. The van der Waals surface area contributed by atoms with Crippen molar-refractivity contribution in [2.75, 3.05) is 11.4 Å². The minimum absolute atomic E-state index is 0.0312. The molecule has 6 heteroatoms. The van der Waals surface area contributed by atoms with Crippen LogP contribution < -0.4 is 10.2 Å². The molecule has 126 valence electrons. The Hall–Kier alpha value is -2.63. The molecular weight excluding hydrogens is 304 g/mol. The van der Waals surface area contributed by atoms with Gasteiger partial charge in [0.15, 0.2) is 0 Å². The number of hydrogen-bond donors (Lipinski definition) is 1. The first-order valence-corrected chi connectivity index (χ1v) is 8.20. The second kappa shape index (κ2) is 6.86. The Kier molecular flexibility index (Phi) is 4.64. The van der Waals surface area contributed by atoms with Crippen LogP contribution in [0.3, 0.4) is 0 Å². The van der Waals surface area contributed by atoms with Gasteiger partial charge >= 0.3 is 0 Å². The molecular formula is C18H22N4O2. The van der Waals surface area contributed by atoms with Crippen LogP contribution in [0.4, 0.5) is 5.69 Å². The molecule has 0 unspecified atom stereocenters. The predicted molar refractivity (Wildman–Crippen MR) is 91.5 cm³/mol. The summed E-state index contributed by atoms with van der Waals surface area (Å²) in [6.07, 6.45) is 5.50. The molecule has 1 aromatic heterocycles. The summed E-state index contributed by atoms with van der Waals surface area (Å²) in [5.74, 6) is 0.141. The Labute approximate surface area is 141 Å². The number of nitrogens with one attached hydrogen (secondary N) is 1. The van der Waals surface area contributed by atoms with E-state index in [4.69, 9.17) is 0 Å². The van der Waals surface area contributed by atoms with E-state index in [1.807, 2.05) is 44.4 Å². The van der Waals surface area contributed by atoms with E-state index in [1.165, 1.54) is 0 Å². The molecule has 0 radical (unpaired) electrons. The smallest absolute Gasteiger partial charge is 0.227 e. The minimum atomic E-state index is -0.0762. The Morgan fingerprint density at radius 3 is 2.67 bits per heavy atom. The number of carbonyl (C=O) groups is 2. The van der Waals surface area contributed by atoms with E-state index in [9.17, 15) is 9.59 Å². The molecule has 0 bridgehead atoms. The molecule has 2 amide bonds. The van der Waals surface area contributed by atoms with Gasteiger partial charge in [-0.25, -0.2) is 0 Å². The standard InChI is InChI=1S/C18H22N4O2/c1-13(15-11-19-21(2)12-15)20-17(23)10-14-5-7-16(8-6-14)22-9-3-4-18(22)24/h5-8,11-13H,3-4,9-10H2,1-2H3,(H,20,23)/t13-/m0/s1. The van der Waals surface area contributed by atoms with E-state index in [0.717, 1.165) is 29.8 Å². The maximum atomic E-state index is 12.2. The number of anilines is 1. The third-order valence-corrected chi connectivity index (χ3v) is 4.29. The van der Waals surface area contributed by atoms with Gasteiger partial charge in [0.2, 0.25) is 11.8 Å². The zero-order valence-corrected chi connectivity index (χ0v) is 14.0. The third kappa shape index (κ3) is 3.64. The van der Waals surface area contributed by atoms with Gasteiger partial charge in [0, 0.05) is 37.5 Å². The fourth-order valence-electron chi connectivity index (χ4n) is 2.94. The van der Waals surface area contributed by atoms with Crippen LogP contribution in [-0.2, 0) is 23.1 Å². The van der Waals surface area contributed by atoms with E-state index in [-0.39, 0.29) is 17.9 Å². The minimum Gasteiger partial charge on any atom is -0.349 e. The van der Waals surface area contributed by atoms with Gasteiger partial charge < -0.3 is 10.2 Å². The molecule has 1 aliphatic rings. The van der Waals surface area contributed by atoms with Crippen molar-refractivity contribution in [2.24, 2.45) is 7.05 Å². The molecule has 1 N–H and O–H groups in total. The SMILES string of the molecule is C[C@H](NC(=O)Cc1ccc(N2CCCC2=O)cc1)c1cnn(C)c1. The number of rotatable bonds is 5. The lowest BCUT2D eigenvalue weighted by Gasteiger charge is -2.16. The highest BCUT2D eigenvalue weighted by molar-refractivity contribution is 5.95. The second-order valence-electron chi connectivity index (χ2n) is 6.23. The highest BCUT2D eigenvalue weighted by Gasteiger charge is 2.21. The zero-order valence-electron chi connectivity index (χ0n) is 14.0. The third-order valence-electron chi connectivity index (χ3n) is 4.29. The van der Waals surface area contributed by atoms with Crippen LogP contribution in [0.5, 0.6) is 0 Å². The molecule has 1 aromatic carbocycles. The molecule has 0 aliphatic carbocycles. The molecule has 3 rings (SSSR count). The summed E-state index contributed by atoms with van der Waals surface area (Å²) in [6.45, 7) is 2.72. The van der Waals surface area contributed by atoms with Crippen molar-refractivity contribution in [3.63, 3.8) is 0 Å². The first-order valence-electron chi connectivity index (χ1n) is 8.20. The van der Waals surface area contributed by atoms with Crippen molar-refractivity contribution in [1.29, 1.82) is 0 Å². The van der Waals surface area contributed by atoms with Gasteiger partial charge in [-0.3, -0.25) is 14.3 Å². The topological polar surface area (TPSA) is 67.2 Å². The first kappa shape index (κ1) is 16.2. The summed E-state index contributed by atoms with van der Waals surface area (Å²) in [7, 11) is 1.85. The van der Waals surface area contributed by atoms with E-state index >= 15 is 0 Å². The van der Waals surface area contributed by atoms with Crippen LogP contribution in [-0.4, -0.2) is 28.1 Å². The number of amides is 2. The first-order chi connectivity index (χ1) is 11.5. The molecule has 2 heterocycles. The average molecular weight is 326 g/mol. The van der Waals surface area contributed by atoms with Gasteiger partial charge in [-0.15, -0.1) is 0 Å². The Morgan fingerprint density at radius 2 is 2.08 bits per heavy atom. The zero-order chi connectivity index (χ0) is 17.1. The van der Waals surface area contributed by atoms with Crippen molar-refractivity contribution in [1.82, 2.24) is 15.1 Å². The lowest BCUT2D eigenvalue weighted by Crippen LogP contribution is -2.28. The van der Waals surface area contributed by atoms with Crippen molar-refractivity contribution in [2.45, 2.75) is 32.2 Å². The lowest BCUT2D eigenvalue weighted by atomic mass is 10.1. The van der Waals surface area contributed by atoms with Crippen molar-refractivity contribution < 1.29 is 9.59 Å². The number of carbonyl (C=O) groups excluding carboxylic acids is 2. The Bertz CT molecular complexity index is 736. The number of hydrogen-bond acceptors (Lipinski definition) is 3. The predicted octanol–water partition coefficient (Wildman–Crippen LogP) is 1.97. The average Bonchev–Trinajstić information content (AvgIpc) is 3.16. The van der Waals surface area contributed by atoms with E-state index in [2.05, 4.69) is 10.4 Å². The fourth-order valence-corrected chi connectivity index (χ4v) is 2.94.